The molecule has 1 aliphatic heterocycles. The smallest absolute Gasteiger partial charge is 0.256 e. The number of nitrogens with one attached hydrogen (secondary N) is 1. The molecule has 3 aromatic heterocycles. The van der Waals surface area contributed by atoms with Gasteiger partial charge in [0.25, 0.3) is 5.91 Å². The molecule has 0 bridgehead atoms. The average molecular weight is 470 g/mol. The molecule has 0 unspecified atom stereocenters. The number of imidazole rings is 1. The third-order valence-electron chi connectivity index (χ3n) is 6.30. The summed E-state index contributed by atoms with van der Waals surface area (Å²) in [5.41, 5.74) is 9.04. The van der Waals surface area contributed by atoms with Gasteiger partial charge in [0.2, 0.25) is 5.91 Å². The van der Waals surface area contributed by atoms with Crippen LogP contribution in [0.2, 0.25) is 0 Å². The zero-order valence-corrected chi connectivity index (χ0v) is 19.7. The molecule has 1 fully saturated rings. The molecule has 1 aromatic carbocycles. The van der Waals surface area contributed by atoms with Crippen molar-refractivity contribution in [2.75, 3.05) is 24.1 Å². The van der Waals surface area contributed by atoms with Crippen LogP contribution in [0.15, 0.2) is 61.1 Å². The lowest BCUT2D eigenvalue weighted by Gasteiger charge is -2.18. The maximum atomic E-state index is 12.6. The van der Waals surface area contributed by atoms with E-state index in [1.54, 1.807) is 36.7 Å². The summed E-state index contributed by atoms with van der Waals surface area (Å²) in [6.45, 7) is 5.19. The summed E-state index contributed by atoms with van der Waals surface area (Å²) in [5.74, 6) is 1.72. The maximum Gasteiger partial charge on any atom is 0.256 e. The van der Waals surface area contributed by atoms with E-state index >= 15 is 0 Å². The second kappa shape index (κ2) is 9.17. The summed E-state index contributed by atoms with van der Waals surface area (Å²) in [4.78, 5) is 40.4. The van der Waals surface area contributed by atoms with Gasteiger partial charge in [-0.15, -0.1) is 0 Å². The summed E-state index contributed by atoms with van der Waals surface area (Å²) < 4.78 is 1.98. The Bertz CT molecular complexity index is 1380. The predicted molar refractivity (Wildman–Crippen MR) is 134 cm³/mol. The van der Waals surface area contributed by atoms with E-state index in [1.165, 1.54) is 0 Å². The molecule has 35 heavy (non-hydrogen) atoms. The van der Waals surface area contributed by atoms with Gasteiger partial charge >= 0.3 is 0 Å². The first-order chi connectivity index (χ1) is 16.9. The lowest BCUT2D eigenvalue weighted by molar-refractivity contribution is -0.133. The highest BCUT2D eigenvalue weighted by molar-refractivity contribution is 6.04. The molecule has 178 valence electrons. The minimum absolute atomic E-state index is 0.0328. The molecule has 5 rings (SSSR count). The molecule has 9 nitrogen and oxygen atoms in total. The normalized spacial score (nSPS) is 15.6. The van der Waals surface area contributed by atoms with E-state index in [4.69, 9.17) is 10.7 Å². The number of hydrogen-bond acceptors (Lipinski definition) is 6. The molecule has 4 aromatic rings. The zero-order chi connectivity index (χ0) is 24.5. The molecule has 9 heteroatoms. The first kappa shape index (κ1) is 22.5. The van der Waals surface area contributed by atoms with Crippen molar-refractivity contribution in [1.82, 2.24) is 24.3 Å². The first-order valence-electron chi connectivity index (χ1n) is 11.7. The SMILES string of the molecule is CC(C)C(=O)N1CC[C@@H](c2nc(-c3ccc(C(=O)Nc4ccccn4)cc3)c3c(N)nccn23)C1. The van der Waals surface area contributed by atoms with Crippen LogP contribution in [0.4, 0.5) is 11.6 Å². The number of amides is 2. The molecule has 4 heterocycles. The van der Waals surface area contributed by atoms with Crippen molar-refractivity contribution in [2.45, 2.75) is 26.2 Å². The van der Waals surface area contributed by atoms with Crippen molar-refractivity contribution in [1.29, 1.82) is 0 Å². The minimum atomic E-state index is -0.243. The van der Waals surface area contributed by atoms with Gasteiger partial charge in [0, 0.05) is 54.6 Å². The van der Waals surface area contributed by atoms with E-state index in [0.29, 0.717) is 36.0 Å². The van der Waals surface area contributed by atoms with Crippen molar-refractivity contribution in [3.8, 4) is 11.3 Å². The second-order valence-corrected chi connectivity index (χ2v) is 9.02. The molecule has 0 aliphatic carbocycles. The lowest BCUT2D eigenvalue weighted by atomic mass is 10.1. The van der Waals surface area contributed by atoms with E-state index in [2.05, 4.69) is 15.3 Å². The van der Waals surface area contributed by atoms with Crippen molar-refractivity contribution in [3.05, 3.63) is 72.4 Å². The van der Waals surface area contributed by atoms with Gasteiger partial charge in [-0.1, -0.05) is 32.0 Å². The number of carbonyl (C=O) groups excluding carboxylic acids is 2. The number of hydrogen-bond donors (Lipinski definition) is 2. The fourth-order valence-corrected chi connectivity index (χ4v) is 4.52. The van der Waals surface area contributed by atoms with E-state index in [0.717, 1.165) is 23.3 Å². The third-order valence-corrected chi connectivity index (χ3v) is 6.30. The van der Waals surface area contributed by atoms with Crippen LogP contribution < -0.4 is 11.1 Å². The Balaban J connectivity index is 1.45. The van der Waals surface area contributed by atoms with Crippen molar-refractivity contribution in [3.63, 3.8) is 0 Å². The van der Waals surface area contributed by atoms with Crippen LogP contribution in [0.3, 0.4) is 0 Å². The van der Waals surface area contributed by atoms with Gasteiger partial charge in [0.1, 0.15) is 28.7 Å². The Labute approximate surface area is 203 Å². The number of carbonyl (C=O) groups is 2. The van der Waals surface area contributed by atoms with Gasteiger partial charge in [0.05, 0.1) is 0 Å². The van der Waals surface area contributed by atoms with Gasteiger partial charge < -0.3 is 16.0 Å². The largest absolute Gasteiger partial charge is 0.382 e. The first-order valence-corrected chi connectivity index (χ1v) is 11.7. The van der Waals surface area contributed by atoms with E-state index in [-0.39, 0.29) is 23.7 Å². The summed E-state index contributed by atoms with van der Waals surface area (Å²) in [6.07, 6.45) is 5.99. The molecule has 1 aliphatic rings. The number of nitrogens with zero attached hydrogens (tertiary/aromatic N) is 5. The van der Waals surface area contributed by atoms with Crippen LogP contribution in [-0.2, 0) is 4.79 Å². The van der Waals surface area contributed by atoms with Crippen LogP contribution in [0.25, 0.3) is 16.8 Å². The molecular formula is C26H27N7O2. The van der Waals surface area contributed by atoms with Gasteiger partial charge in [-0.3, -0.25) is 14.0 Å². The monoisotopic (exact) mass is 469 g/mol. The Hall–Kier alpha value is -4.27. The number of fused-ring (bicyclic) bond motifs is 1. The van der Waals surface area contributed by atoms with Gasteiger partial charge in [0.15, 0.2) is 0 Å². The molecule has 1 saturated heterocycles. The fraction of sp³-hybridized carbons (Fsp3) is 0.269. The Morgan fingerprint density at radius 2 is 1.89 bits per heavy atom. The van der Waals surface area contributed by atoms with Gasteiger partial charge in [-0.05, 0) is 30.7 Å². The molecule has 0 radical (unpaired) electrons. The third kappa shape index (κ3) is 4.32. The number of nitrogens with two attached hydrogens (primary N) is 1. The van der Waals surface area contributed by atoms with Crippen LogP contribution in [0, 0.1) is 5.92 Å². The van der Waals surface area contributed by atoms with Crippen molar-refractivity contribution < 1.29 is 9.59 Å². The molecule has 1 atom stereocenters. The number of rotatable bonds is 5. The van der Waals surface area contributed by atoms with E-state index in [9.17, 15) is 9.59 Å². The predicted octanol–water partition coefficient (Wildman–Crippen LogP) is 3.60. The topological polar surface area (TPSA) is 119 Å². The average Bonchev–Trinajstić information content (AvgIpc) is 3.50. The highest BCUT2D eigenvalue weighted by Crippen LogP contribution is 2.34. The Kier molecular flexibility index (Phi) is 5.90. The summed E-state index contributed by atoms with van der Waals surface area (Å²) >= 11 is 0. The number of aromatic nitrogens is 4. The number of anilines is 2. The van der Waals surface area contributed by atoms with Crippen LogP contribution in [-0.4, -0.2) is 49.2 Å². The van der Waals surface area contributed by atoms with E-state index < -0.39 is 0 Å². The standard InChI is InChI=1S/C26H27N7O2/c1-16(2)26(35)32-13-10-19(15-32)24-31-21(22-23(27)29-12-14-33(22)24)17-6-8-18(9-7-17)25(34)30-20-5-3-4-11-28-20/h3-9,11-12,14,16,19H,10,13,15H2,1-2H3,(H2,27,29)(H,28,30,34)/t19-/m1/s1. The molecular weight excluding hydrogens is 442 g/mol. The van der Waals surface area contributed by atoms with E-state index in [1.807, 2.05) is 47.5 Å². The van der Waals surface area contributed by atoms with Crippen LogP contribution >= 0.6 is 0 Å². The molecule has 0 saturated carbocycles. The number of likely N-dealkylation sites (tertiary alicyclic amines) is 1. The Morgan fingerprint density at radius 3 is 2.60 bits per heavy atom. The lowest BCUT2D eigenvalue weighted by Crippen LogP contribution is -2.32. The second-order valence-electron chi connectivity index (χ2n) is 9.02. The molecule has 3 N–H and O–H groups in total. The molecule has 2 amide bonds. The number of nitrogen functional groups attached to an aromatic ring is 1. The van der Waals surface area contributed by atoms with Gasteiger partial charge in [-0.25, -0.2) is 15.0 Å². The highest BCUT2D eigenvalue weighted by atomic mass is 16.2. The summed E-state index contributed by atoms with van der Waals surface area (Å²) in [6, 6.07) is 12.6. The maximum absolute atomic E-state index is 12.6. The summed E-state index contributed by atoms with van der Waals surface area (Å²) in [5, 5.41) is 2.79. The van der Waals surface area contributed by atoms with Crippen LogP contribution in [0.1, 0.15) is 42.4 Å². The highest BCUT2D eigenvalue weighted by Gasteiger charge is 2.32. The fourth-order valence-electron chi connectivity index (χ4n) is 4.52. The number of benzene rings is 1. The molecule has 0 spiro atoms. The minimum Gasteiger partial charge on any atom is -0.382 e. The zero-order valence-electron chi connectivity index (χ0n) is 19.7. The van der Waals surface area contributed by atoms with Crippen LogP contribution in [0.5, 0.6) is 0 Å². The number of pyridine rings is 1. The summed E-state index contributed by atoms with van der Waals surface area (Å²) in [7, 11) is 0. The van der Waals surface area contributed by atoms with Gasteiger partial charge in [-0.2, -0.15) is 0 Å². The van der Waals surface area contributed by atoms with Crippen molar-refractivity contribution in [2.24, 2.45) is 5.92 Å². The quantitative estimate of drug-likeness (QED) is 0.461. The van der Waals surface area contributed by atoms with Crippen molar-refractivity contribution >= 4 is 29.0 Å². The Morgan fingerprint density at radius 1 is 1.09 bits per heavy atom.